The average Bonchev–Trinajstić information content (AvgIpc) is 2.92. The minimum atomic E-state index is -3.72. The number of nitrogens with one attached hydrogen (secondary N) is 1. The normalized spacial score (nSPS) is 14.7. The first kappa shape index (κ1) is 21.3. The number of carbonyl (C=O) groups is 1. The van der Waals surface area contributed by atoms with Gasteiger partial charge in [0.25, 0.3) is 0 Å². The lowest BCUT2D eigenvalue weighted by Crippen LogP contribution is -2.38. The van der Waals surface area contributed by atoms with E-state index in [0.717, 1.165) is 0 Å². The minimum absolute atomic E-state index is 0.0206. The van der Waals surface area contributed by atoms with Crippen molar-refractivity contribution in [3.8, 4) is 0 Å². The molecule has 7 nitrogen and oxygen atoms in total. The van der Waals surface area contributed by atoms with Crippen LogP contribution < -0.4 is 4.72 Å². The molecule has 0 bridgehead atoms. The molecule has 1 N–H and O–H groups in total. The number of aromatic nitrogens is 1. The first-order chi connectivity index (χ1) is 13.9. The zero-order valence-corrected chi connectivity index (χ0v) is 17.8. The Morgan fingerprint density at radius 1 is 1.03 bits per heavy atom. The molecule has 8 heteroatoms. The van der Waals surface area contributed by atoms with E-state index in [4.69, 9.17) is 0 Å². The first-order valence-electron chi connectivity index (χ1n) is 10.0. The molecule has 2 heterocycles. The van der Waals surface area contributed by atoms with E-state index in [1.54, 1.807) is 23.1 Å². The molecular weight excluding hydrogens is 388 g/mol. The molecule has 3 rings (SSSR count). The van der Waals surface area contributed by atoms with Crippen molar-refractivity contribution < 1.29 is 13.2 Å². The molecule has 0 atom stereocenters. The summed E-state index contributed by atoms with van der Waals surface area (Å²) in [6.45, 7) is 5.98. The fourth-order valence-corrected chi connectivity index (χ4v) is 4.73. The van der Waals surface area contributed by atoms with Gasteiger partial charge in [0.2, 0.25) is 5.91 Å². The van der Waals surface area contributed by atoms with E-state index >= 15 is 0 Å². The lowest BCUT2D eigenvalue weighted by Gasteiger charge is -2.21. The number of anilines is 1. The number of carbonyl (C=O) groups excluding carboxylic acids is 1. The molecule has 0 aliphatic carbocycles. The van der Waals surface area contributed by atoms with Crippen LogP contribution in [-0.2, 0) is 34.3 Å². The standard InChI is InChI=1S/C21H28N4O3S/c1-3-24(4-2)21(26)16-19-10-7-11-20(22-19)23-29(27,28)25-14-12-17-8-5-6-9-18(17)13-15-25/h5-11H,3-4,12-16H2,1-2H3,(H,22,23). The summed E-state index contributed by atoms with van der Waals surface area (Å²) in [6.07, 6.45) is 1.52. The van der Waals surface area contributed by atoms with Crippen LogP contribution in [0.5, 0.6) is 0 Å². The quantitative estimate of drug-likeness (QED) is 0.751. The molecule has 1 aromatic carbocycles. The fourth-order valence-electron chi connectivity index (χ4n) is 3.56. The van der Waals surface area contributed by atoms with Gasteiger partial charge in [0.1, 0.15) is 5.82 Å². The number of amides is 1. The molecule has 0 saturated carbocycles. The van der Waals surface area contributed by atoms with Crippen LogP contribution in [0.15, 0.2) is 42.5 Å². The van der Waals surface area contributed by atoms with Gasteiger partial charge in [0.05, 0.1) is 12.1 Å². The minimum Gasteiger partial charge on any atom is -0.343 e. The molecule has 0 fully saturated rings. The maximum Gasteiger partial charge on any atom is 0.302 e. The van der Waals surface area contributed by atoms with E-state index in [9.17, 15) is 13.2 Å². The highest BCUT2D eigenvalue weighted by atomic mass is 32.2. The maximum atomic E-state index is 12.9. The van der Waals surface area contributed by atoms with E-state index < -0.39 is 10.2 Å². The smallest absolute Gasteiger partial charge is 0.302 e. The van der Waals surface area contributed by atoms with Gasteiger partial charge in [0, 0.05) is 26.2 Å². The van der Waals surface area contributed by atoms with E-state index in [1.165, 1.54) is 15.4 Å². The lowest BCUT2D eigenvalue weighted by molar-refractivity contribution is -0.130. The van der Waals surface area contributed by atoms with Gasteiger partial charge in [-0.15, -0.1) is 0 Å². The Hall–Kier alpha value is -2.45. The molecule has 0 unspecified atom stereocenters. The number of likely N-dealkylation sites (N-methyl/N-ethyl adjacent to an activating group) is 1. The number of benzene rings is 1. The Morgan fingerprint density at radius 2 is 1.66 bits per heavy atom. The van der Waals surface area contributed by atoms with Crippen LogP contribution in [0.3, 0.4) is 0 Å². The fraction of sp³-hybridized carbons (Fsp3) is 0.429. The number of hydrogen-bond acceptors (Lipinski definition) is 4. The summed E-state index contributed by atoms with van der Waals surface area (Å²) in [7, 11) is -3.72. The molecule has 1 aliphatic rings. The van der Waals surface area contributed by atoms with Crippen molar-refractivity contribution in [2.75, 3.05) is 30.9 Å². The number of fused-ring (bicyclic) bond motifs is 1. The Labute approximate surface area is 172 Å². The van der Waals surface area contributed by atoms with Crippen molar-refractivity contribution >= 4 is 21.9 Å². The van der Waals surface area contributed by atoms with Crippen LogP contribution in [0.1, 0.15) is 30.7 Å². The lowest BCUT2D eigenvalue weighted by atomic mass is 10.0. The summed E-state index contributed by atoms with van der Waals surface area (Å²) in [5, 5.41) is 0. The predicted molar refractivity (Wildman–Crippen MR) is 114 cm³/mol. The summed E-state index contributed by atoms with van der Waals surface area (Å²) in [4.78, 5) is 18.4. The second-order valence-corrected chi connectivity index (χ2v) is 8.70. The summed E-state index contributed by atoms with van der Waals surface area (Å²) < 4.78 is 29.8. The van der Waals surface area contributed by atoms with Crippen molar-refractivity contribution in [3.05, 3.63) is 59.3 Å². The van der Waals surface area contributed by atoms with Crippen LogP contribution in [0.25, 0.3) is 0 Å². The third kappa shape index (κ3) is 5.33. The molecule has 0 radical (unpaired) electrons. The van der Waals surface area contributed by atoms with Gasteiger partial charge in [-0.05, 0) is 49.9 Å². The molecule has 2 aromatic rings. The molecule has 156 valence electrons. The van der Waals surface area contributed by atoms with Crippen LogP contribution >= 0.6 is 0 Å². The highest BCUT2D eigenvalue weighted by Crippen LogP contribution is 2.18. The Morgan fingerprint density at radius 3 is 2.24 bits per heavy atom. The van der Waals surface area contributed by atoms with E-state index in [0.29, 0.717) is 44.7 Å². The van der Waals surface area contributed by atoms with Crippen LogP contribution in [-0.4, -0.2) is 54.7 Å². The van der Waals surface area contributed by atoms with E-state index in [1.807, 2.05) is 26.0 Å². The molecule has 1 amide bonds. The maximum absolute atomic E-state index is 12.9. The number of nitrogens with zero attached hydrogens (tertiary/aromatic N) is 3. The predicted octanol–water partition coefficient (Wildman–Crippen LogP) is 2.25. The van der Waals surface area contributed by atoms with Gasteiger partial charge in [-0.3, -0.25) is 9.52 Å². The second kappa shape index (κ2) is 9.37. The van der Waals surface area contributed by atoms with Gasteiger partial charge in [0.15, 0.2) is 0 Å². The van der Waals surface area contributed by atoms with Gasteiger partial charge in [-0.25, -0.2) is 4.98 Å². The van der Waals surface area contributed by atoms with Crippen molar-refractivity contribution in [1.82, 2.24) is 14.2 Å². The van der Waals surface area contributed by atoms with Crippen molar-refractivity contribution in [3.63, 3.8) is 0 Å². The number of hydrogen-bond donors (Lipinski definition) is 1. The van der Waals surface area contributed by atoms with Crippen LogP contribution in [0.4, 0.5) is 5.82 Å². The largest absolute Gasteiger partial charge is 0.343 e. The molecule has 1 aromatic heterocycles. The SMILES string of the molecule is CCN(CC)C(=O)Cc1cccc(NS(=O)(=O)N2CCc3ccccc3CC2)n1. The molecular formula is C21H28N4O3S. The summed E-state index contributed by atoms with van der Waals surface area (Å²) in [5.41, 5.74) is 2.94. The molecule has 0 saturated heterocycles. The Bertz CT molecular complexity index is 931. The summed E-state index contributed by atoms with van der Waals surface area (Å²) >= 11 is 0. The topological polar surface area (TPSA) is 82.6 Å². The van der Waals surface area contributed by atoms with Crippen molar-refractivity contribution in [2.45, 2.75) is 33.1 Å². The number of pyridine rings is 1. The number of rotatable bonds is 7. The molecule has 0 spiro atoms. The van der Waals surface area contributed by atoms with Crippen LogP contribution in [0, 0.1) is 0 Å². The summed E-state index contributed by atoms with van der Waals surface area (Å²) in [6, 6.07) is 13.1. The zero-order chi connectivity index (χ0) is 20.9. The first-order valence-corrected chi connectivity index (χ1v) is 11.4. The average molecular weight is 417 g/mol. The monoisotopic (exact) mass is 416 g/mol. The van der Waals surface area contributed by atoms with Gasteiger partial charge < -0.3 is 4.90 Å². The second-order valence-electron chi connectivity index (χ2n) is 7.03. The molecule has 1 aliphatic heterocycles. The van der Waals surface area contributed by atoms with E-state index in [-0.39, 0.29) is 18.1 Å². The van der Waals surface area contributed by atoms with Crippen molar-refractivity contribution in [1.29, 1.82) is 0 Å². The zero-order valence-electron chi connectivity index (χ0n) is 17.0. The highest BCUT2D eigenvalue weighted by Gasteiger charge is 2.25. The molecule has 29 heavy (non-hydrogen) atoms. The Balaban J connectivity index is 1.68. The van der Waals surface area contributed by atoms with Gasteiger partial charge >= 0.3 is 10.2 Å². The van der Waals surface area contributed by atoms with Crippen molar-refractivity contribution in [2.24, 2.45) is 0 Å². The van der Waals surface area contributed by atoms with Gasteiger partial charge in [-0.2, -0.15) is 12.7 Å². The van der Waals surface area contributed by atoms with Gasteiger partial charge in [-0.1, -0.05) is 30.3 Å². The van der Waals surface area contributed by atoms with E-state index in [2.05, 4.69) is 21.8 Å². The van der Waals surface area contributed by atoms with Crippen LogP contribution in [0.2, 0.25) is 0 Å². The highest BCUT2D eigenvalue weighted by molar-refractivity contribution is 7.90. The Kier molecular flexibility index (Phi) is 6.87. The summed E-state index contributed by atoms with van der Waals surface area (Å²) in [5.74, 6) is 0.212. The third-order valence-corrected chi connectivity index (χ3v) is 6.72. The third-order valence-electron chi connectivity index (χ3n) is 5.21.